The van der Waals surface area contributed by atoms with Gasteiger partial charge in [-0.25, -0.2) is 0 Å². The van der Waals surface area contributed by atoms with Gasteiger partial charge in [-0.1, -0.05) is 0 Å². The lowest BCUT2D eigenvalue weighted by molar-refractivity contribution is -0.384. The van der Waals surface area contributed by atoms with Gasteiger partial charge in [-0.15, -0.1) is 0 Å². The van der Waals surface area contributed by atoms with Crippen molar-refractivity contribution >= 4 is 23.2 Å². The zero-order valence-electron chi connectivity index (χ0n) is 15.2. The largest absolute Gasteiger partial charge is 0.416 e. The van der Waals surface area contributed by atoms with Gasteiger partial charge in [-0.2, -0.15) is 13.2 Å². The van der Waals surface area contributed by atoms with Crippen LogP contribution in [0.3, 0.4) is 0 Å². The first kappa shape index (κ1) is 21.5. The molecule has 1 aromatic carbocycles. The average Bonchev–Trinajstić information content (AvgIpc) is 2.64. The molecule has 0 aromatic heterocycles. The Balaban J connectivity index is 1.88. The maximum atomic E-state index is 12.7. The van der Waals surface area contributed by atoms with Gasteiger partial charge in [0.05, 0.1) is 16.4 Å². The van der Waals surface area contributed by atoms with E-state index >= 15 is 0 Å². The van der Waals surface area contributed by atoms with Crippen molar-refractivity contribution in [2.45, 2.75) is 25.9 Å². The normalized spacial score (nSPS) is 17.1. The minimum absolute atomic E-state index is 0.0623. The van der Waals surface area contributed by atoms with Crippen LogP contribution < -0.4 is 10.6 Å². The van der Waals surface area contributed by atoms with E-state index in [0.717, 1.165) is 18.6 Å². The maximum absolute atomic E-state index is 12.7. The zero-order valence-corrected chi connectivity index (χ0v) is 15.2. The lowest BCUT2D eigenvalue weighted by Crippen LogP contribution is -2.45. The molecule has 0 bridgehead atoms. The molecule has 1 atom stereocenters. The number of likely N-dealkylation sites (tertiary alicyclic amines) is 1. The summed E-state index contributed by atoms with van der Waals surface area (Å²) in [4.78, 5) is 35.4. The molecule has 0 aliphatic carbocycles. The minimum atomic E-state index is -4.68. The summed E-state index contributed by atoms with van der Waals surface area (Å²) in [5.41, 5.74) is -1.86. The Labute approximate surface area is 159 Å². The highest BCUT2D eigenvalue weighted by Crippen LogP contribution is 2.34. The fourth-order valence-electron chi connectivity index (χ4n) is 3.01. The highest BCUT2D eigenvalue weighted by molar-refractivity contribution is 5.80. The Hall–Kier alpha value is -2.85. The van der Waals surface area contributed by atoms with E-state index in [-0.39, 0.29) is 36.5 Å². The molecule has 154 valence electrons. The minimum Gasteiger partial charge on any atom is -0.378 e. The van der Waals surface area contributed by atoms with Crippen molar-refractivity contribution in [1.82, 2.24) is 10.2 Å². The van der Waals surface area contributed by atoms with Crippen LogP contribution in [0.5, 0.6) is 0 Å². The molecule has 2 amide bonds. The first-order valence-corrected chi connectivity index (χ1v) is 8.72. The fourth-order valence-corrected chi connectivity index (χ4v) is 3.01. The van der Waals surface area contributed by atoms with E-state index in [1.807, 2.05) is 0 Å². The van der Waals surface area contributed by atoms with E-state index in [0.29, 0.717) is 25.6 Å². The summed E-state index contributed by atoms with van der Waals surface area (Å²) >= 11 is 0. The van der Waals surface area contributed by atoms with Crippen molar-refractivity contribution in [2.24, 2.45) is 5.92 Å². The number of alkyl halides is 3. The van der Waals surface area contributed by atoms with E-state index in [1.54, 1.807) is 4.90 Å². The van der Waals surface area contributed by atoms with Gasteiger partial charge in [-0.05, 0) is 25.0 Å². The smallest absolute Gasteiger partial charge is 0.378 e. The van der Waals surface area contributed by atoms with Crippen molar-refractivity contribution in [1.29, 1.82) is 0 Å². The topological polar surface area (TPSA) is 105 Å². The second kappa shape index (κ2) is 8.89. The number of hydrogen-bond acceptors (Lipinski definition) is 5. The van der Waals surface area contributed by atoms with E-state index in [4.69, 9.17) is 0 Å². The van der Waals surface area contributed by atoms with Crippen LogP contribution in [0.25, 0.3) is 0 Å². The molecule has 0 saturated carbocycles. The predicted octanol–water partition coefficient (Wildman–Crippen LogP) is 2.40. The Morgan fingerprint density at radius 1 is 1.32 bits per heavy atom. The van der Waals surface area contributed by atoms with Gasteiger partial charge in [0, 0.05) is 39.2 Å². The first-order chi connectivity index (χ1) is 13.1. The third kappa shape index (κ3) is 5.57. The number of rotatable bonds is 6. The van der Waals surface area contributed by atoms with Gasteiger partial charge in [0.2, 0.25) is 11.8 Å². The molecular weight excluding hydrogens is 381 g/mol. The molecule has 8 nitrogen and oxygen atoms in total. The summed E-state index contributed by atoms with van der Waals surface area (Å²) in [6.45, 7) is 2.65. The van der Waals surface area contributed by atoms with Crippen molar-refractivity contribution in [3.05, 3.63) is 33.9 Å². The second-order valence-electron chi connectivity index (χ2n) is 6.51. The molecule has 0 radical (unpaired) electrons. The zero-order chi connectivity index (χ0) is 20.9. The van der Waals surface area contributed by atoms with Crippen molar-refractivity contribution in [2.75, 3.05) is 31.5 Å². The van der Waals surface area contributed by atoms with Crippen LogP contribution in [0.2, 0.25) is 0 Å². The summed E-state index contributed by atoms with van der Waals surface area (Å²) in [7, 11) is 0. The lowest BCUT2D eigenvalue weighted by Gasteiger charge is -2.31. The van der Waals surface area contributed by atoms with E-state index < -0.39 is 22.4 Å². The highest BCUT2D eigenvalue weighted by Gasteiger charge is 2.33. The van der Waals surface area contributed by atoms with Crippen LogP contribution in [-0.4, -0.2) is 47.8 Å². The van der Waals surface area contributed by atoms with E-state index in [2.05, 4.69) is 10.6 Å². The Bertz CT molecular complexity index is 754. The van der Waals surface area contributed by atoms with Gasteiger partial charge >= 0.3 is 6.18 Å². The summed E-state index contributed by atoms with van der Waals surface area (Å²) in [6.07, 6.45) is -3.29. The molecule has 1 aliphatic heterocycles. The maximum Gasteiger partial charge on any atom is 0.416 e. The number of amides is 2. The van der Waals surface area contributed by atoms with Crippen molar-refractivity contribution in [3.63, 3.8) is 0 Å². The van der Waals surface area contributed by atoms with Gasteiger partial charge in [0.25, 0.3) is 5.69 Å². The lowest BCUT2D eigenvalue weighted by atomic mass is 9.97. The van der Waals surface area contributed by atoms with E-state index in [1.165, 1.54) is 6.92 Å². The molecular formula is C17H21F3N4O4. The van der Waals surface area contributed by atoms with Crippen LogP contribution in [0, 0.1) is 16.0 Å². The van der Waals surface area contributed by atoms with Crippen LogP contribution >= 0.6 is 0 Å². The molecule has 1 fully saturated rings. The van der Waals surface area contributed by atoms with Crippen LogP contribution in [-0.2, 0) is 15.8 Å². The fraction of sp³-hybridized carbons (Fsp3) is 0.529. The monoisotopic (exact) mass is 402 g/mol. The number of nitro benzene ring substituents is 1. The quantitative estimate of drug-likeness (QED) is 0.432. The summed E-state index contributed by atoms with van der Waals surface area (Å²) < 4.78 is 38.1. The summed E-state index contributed by atoms with van der Waals surface area (Å²) in [5.74, 6) is -0.637. The SMILES string of the molecule is CC(=O)N1CCC[C@H](C(=O)NCCNc2ccc(C(F)(F)F)cc2[N+](=O)[O-])C1. The standard InChI is InChI=1S/C17H21F3N4O4/c1-11(25)23-8-2-3-12(10-23)16(26)22-7-6-21-14-5-4-13(17(18,19)20)9-15(14)24(27)28/h4-5,9,12,21H,2-3,6-8,10H2,1H3,(H,22,26)/t12-/m0/s1. The molecule has 2 rings (SSSR count). The Kier molecular flexibility index (Phi) is 6.81. The van der Waals surface area contributed by atoms with Gasteiger partial charge in [-0.3, -0.25) is 19.7 Å². The molecule has 1 aliphatic rings. The molecule has 0 spiro atoms. The number of carbonyl (C=O) groups excluding carboxylic acids is 2. The van der Waals surface area contributed by atoms with Crippen molar-refractivity contribution in [3.8, 4) is 0 Å². The van der Waals surface area contributed by atoms with Gasteiger partial charge < -0.3 is 15.5 Å². The number of hydrogen-bond donors (Lipinski definition) is 2. The number of nitrogens with zero attached hydrogens (tertiary/aromatic N) is 2. The number of anilines is 1. The third-order valence-corrected chi connectivity index (χ3v) is 4.50. The third-order valence-electron chi connectivity index (χ3n) is 4.50. The summed E-state index contributed by atoms with van der Waals surface area (Å²) in [6, 6.07) is 2.22. The number of nitro groups is 1. The van der Waals surface area contributed by atoms with Crippen LogP contribution in [0.15, 0.2) is 18.2 Å². The molecule has 1 heterocycles. The predicted molar refractivity (Wildman–Crippen MR) is 94.6 cm³/mol. The summed E-state index contributed by atoms with van der Waals surface area (Å²) in [5, 5.41) is 16.4. The number of nitrogens with one attached hydrogen (secondary N) is 2. The van der Waals surface area contributed by atoms with Crippen LogP contribution in [0.1, 0.15) is 25.3 Å². The molecule has 28 heavy (non-hydrogen) atoms. The number of piperidine rings is 1. The first-order valence-electron chi connectivity index (χ1n) is 8.72. The molecule has 1 aromatic rings. The number of carbonyl (C=O) groups is 2. The van der Waals surface area contributed by atoms with Crippen LogP contribution in [0.4, 0.5) is 24.5 Å². The number of benzene rings is 1. The molecule has 2 N–H and O–H groups in total. The Morgan fingerprint density at radius 3 is 2.64 bits per heavy atom. The number of halogens is 3. The second-order valence-corrected chi connectivity index (χ2v) is 6.51. The van der Waals surface area contributed by atoms with Gasteiger partial charge in [0.1, 0.15) is 5.69 Å². The molecule has 11 heteroatoms. The van der Waals surface area contributed by atoms with Crippen molar-refractivity contribution < 1.29 is 27.7 Å². The van der Waals surface area contributed by atoms with E-state index in [9.17, 15) is 32.9 Å². The highest BCUT2D eigenvalue weighted by atomic mass is 19.4. The molecule has 0 unspecified atom stereocenters. The van der Waals surface area contributed by atoms with Gasteiger partial charge in [0.15, 0.2) is 0 Å². The average molecular weight is 402 g/mol. The Morgan fingerprint density at radius 2 is 2.04 bits per heavy atom. The molecule has 1 saturated heterocycles.